The number of nitrogens with zero attached hydrogens (tertiary/aromatic N) is 2. The van der Waals surface area contributed by atoms with Crippen LogP contribution in [0.3, 0.4) is 0 Å². The number of rotatable bonds is 5. The first-order valence-corrected chi connectivity index (χ1v) is 8.67. The van der Waals surface area contributed by atoms with Crippen molar-refractivity contribution in [1.29, 1.82) is 0 Å². The summed E-state index contributed by atoms with van der Waals surface area (Å²) in [5.41, 5.74) is 4.17. The third kappa shape index (κ3) is 3.92. The van der Waals surface area contributed by atoms with Gasteiger partial charge in [0.15, 0.2) is 5.92 Å². The van der Waals surface area contributed by atoms with Gasteiger partial charge in [0, 0.05) is 5.70 Å². The van der Waals surface area contributed by atoms with Gasteiger partial charge in [0.25, 0.3) is 0 Å². The number of likely N-dealkylation sites (N-methyl/N-ethyl adjacent to an activating group) is 1. The number of piperazine rings is 1. The molecule has 138 valence electrons. The number of nitrogens with one attached hydrogen (secondary N) is 3. The van der Waals surface area contributed by atoms with Crippen LogP contribution in [0.1, 0.15) is 5.56 Å². The summed E-state index contributed by atoms with van der Waals surface area (Å²) in [7, 11) is 2.12. The quantitative estimate of drug-likeness (QED) is 0.572. The normalized spacial score (nSPS) is 22.3. The van der Waals surface area contributed by atoms with E-state index >= 15 is 0 Å². The average Bonchev–Trinajstić information content (AvgIpc) is 2.61. The number of barbiturate groups is 1. The van der Waals surface area contributed by atoms with E-state index in [-0.39, 0.29) is 12.2 Å². The summed E-state index contributed by atoms with van der Waals surface area (Å²) in [5.74, 6) is -2.31. The van der Waals surface area contributed by atoms with Crippen LogP contribution >= 0.6 is 0 Å². The van der Waals surface area contributed by atoms with E-state index < -0.39 is 23.8 Å². The van der Waals surface area contributed by atoms with Crippen molar-refractivity contribution in [2.75, 3.05) is 33.2 Å². The van der Waals surface area contributed by atoms with Crippen molar-refractivity contribution in [2.24, 2.45) is 5.92 Å². The summed E-state index contributed by atoms with van der Waals surface area (Å²) >= 11 is 0. The Balaban J connectivity index is 1.69. The molecular weight excluding hydrogens is 334 g/mol. The SMILES string of the molecule is C=C(NN1CC[NH+](C)CC1)[C@@H]1C(=O)NC(=O)N(Cc2ccccc2)C1=O. The fraction of sp³-hybridized carbons (Fsp3) is 0.389. The third-order valence-corrected chi connectivity index (χ3v) is 4.70. The highest BCUT2D eigenvalue weighted by Gasteiger charge is 2.42. The van der Waals surface area contributed by atoms with Gasteiger partial charge in [0.1, 0.15) is 0 Å². The predicted molar refractivity (Wildman–Crippen MR) is 94.5 cm³/mol. The van der Waals surface area contributed by atoms with Gasteiger partial charge in [0.05, 0.1) is 39.8 Å². The summed E-state index contributed by atoms with van der Waals surface area (Å²) in [5, 5.41) is 4.21. The van der Waals surface area contributed by atoms with E-state index in [2.05, 4.69) is 24.4 Å². The number of hydrazine groups is 1. The number of amides is 4. The third-order valence-electron chi connectivity index (χ3n) is 4.70. The molecule has 26 heavy (non-hydrogen) atoms. The van der Waals surface area contributed by atoms with Gasteiger partial charge in [-0.1, -0.05) is 36.9 Å². The van der Waals surface area contributed by atoms with Gasteiger partial charge in [-0.3, -0.25) is 19.8 Å². The van der Waals surface area contributed by atoms with Crippen molar-refractivity contribution in [3.05, 3.63) is 48.2 Å². The second-order valence-electron chi connectivity index (χ2n) is 6.72. The van der Waals surface area contributed by atoms with E-state index in [1.165, 1.54) is 4.90 Å². The summed E-state index contributed by atoms with van der Waals surface area (Å²) in [6.07, 6.45) is 0. The van der Waals surface area contributed by atoms with Crippen LogP contribution in [0.4, 0.5) is 4.79 Å². The monoisotopic (exact) mass is 358 g/mol. The molecule has 3 N–H and O–H groups in total. The van der Waals surface area contributed by atoms with Crippen LogP contribution in [0.2, 0.25) is 0 Å². The molecule has 0 radical (unpaired) electrons. The van der Waals surface area contributed by atoms with Gasteiger partial charge < -0.3 is 10.3 Å². The van der Waals surface area contributed by atoms with Crippen LogP contribution in [-0.4, -0.2) is 61.0 Å². The molecule has 2 saturated heterocycles. The van der Waals surface area contributed by atoms with Crippen molar-refractivity contribution in [2.45, 2.75) is 6.54 Å². The molecule has 0 spiro atoms. The first-order chi connectivity index (χ1) is 12.5. The lowest BCUT2D eigenvalue weighted by molar-refractivity contribution is -0.884. The second kappa shape index (κ2) is 7.67. The fourth-order valence-electron chi connectivity index (χ4n) is 3.10. The summed E-state index contributed by atoms with van der Waals surface area (Å²) in [6.45, 7) is 7.50. The number of hydrogen-bond donors (Lipinski definition) is 3. The van der Waals surface area contributed by atoms with Crippen molar-refractivity contribution < 1.29 is 19.3 Å². The maximum absolute atomic E-state index is 12.8. The van der Waals surface area contributed by atoms with E-state index in [0.717, 1.165) is 36.6 Å². The molecule has 4 amide bonds. The van der Waals surface area contributed by atoms with Crippen LogP contribution in [0.25, 0.3) is 0 Å². The van der Waals surface area contributed by atoms with Crippen LogP contribution in [0.15, 0.2) is 42.6 Å². The number of quaternary nitrogens is 1. The highest BCUT2D eigenvalue weighted by atomic mass is 16.2. The molecule has 8 nitrogen and oxygen atoms in total. The molecule has 0 aliphatic carbocycles. The van der Waals surface area contributed by atoms with Gasteiger partial charge >= 0.3 is 6.03 Å². The molecule has 2 heterocycles. The lowest BCUT2D eigenvalue weighted by Gasteiger charge is -2.35. The van der Waals surface area contributed by atoms with E-state index in [4.69, 9.17) is 0 Å². The number of urea groups is 1. The Labute approximate surface area is 152 Å². The Hall–Kier alpha value is -2.71. The maximum atomic E-state index is 12.8. The zero-order chi connectivity index (χ0) is 18.7. The summed E-state index contributed by atoms with van der Waals surface area (Å²) in [6, 6.07) is 8.48. The molecule has 0 aromatic heterocycles. The molecule has 2 aliphatic rings. The van der Waals surface area contributed by atoms with Crippen LogP contribution in [0, 0.1) is 5.92 Å². The number of benzene rings is 1. The van der Waals surface area contributed by atoms with Gasteiger partial charge in [-0.25, -0.2) is 9.80 Å². The Bertz CT molecular complexity index is 713. The zero-order valence-corrected chi connectivity index (χ0v) is 14.8. The van der Waals surface area contributed by atoms with E-state index in [0.29, 0.717) is 0 Å². The number of imide groups is 2. The second-order valence-corrected chi connectivity index (χ2v) is 6.72. The van der Waals surface area contributed by atoms with E-state index in [9.17, 15) is 14.4 Å². The minimum atomic E-state index is -1.12. The molecular formula is C18H24N5O3+. The molecule has 8 heteroatoms. The standard InChI is InChI=1S/C18H23N5O3/c1-13(20-22-10-8-21(2)9-11-22)15-16(24)19-18(26)23(17(15)25)12-14-6-4-3-5-7-14/h3-7,15,20H,1,8-12H2,2H3,(H,19,24,26)/p+1/t15-/m1/s1. The van der Waals surface area contributed by atoms with Crippen molar-refractivity contribution in [1.82, 2.24) is 20.7 Å². The summed E-state index contributed by atoms with van der Waals surface area (Å²) in [4.78, 5) is 39.7. The average molecular weight is 358 g/mol. The minimum Gasteiger partial charge on any atom is -0.335 e. The molecule has 0 saturated carbocycles. The highest BCUT2D eigenvalue weighted by Crippen LogP contribution is 2.19. The largest absolute Gasteiger partial charge is 0.335 e. The number of carbonyl (C=O) groups excluding carboxylic acids is 3. The van der Waals surface area contributed by atoms with Crippen molar-refractivity contribution in [3.8, 4) is 0 Å². The molecule has 3 rings (SSSR count). The molecule has 1 atom stereocenters. The highest BCUT2D eigenvalue weighted by molar-refractivity contribution is 6.17. The molecule has 1 aromatic rings. The zero-order valence-electron chi connectivity index (χ0n) is 14.8. The number of carbonyl (C=O) groups is 3. The minimum absolute atomic E-state index is 0.112. The van der Waals surface area contributed by atoms with Crippen LogP contribution < -0.4 is 15.6 Å². The van der Waals surface area contributed by atoms with E-state index in [1.54, 1.807) is 0 Å². The lowest BCUT2D eigenvalue weighted by atomic mass is 10.0. The van der Waals surface area contributed by atoms with E-state index in [1.807, 2.05) is 35.3 Å². The predicted octanol–water partition coefficient (Wildman–Crippen LogP) is -1.27. The first-order valence-electron chi connectivity index (χ1n) is 8.67. The Morgan fingerprint density at radius 2 is 1.88 bits per heavy atom. The molecule has 2 aliphatic heterocycles. The molecule has 1 aromatic carbocycles. The Kier molecular flexibility index (Phi) is 5.34. The van der Waals surface area contributed by atoms with Crippen molar-refractivity contribution >= 4 is 17.8 Å². The lowest BCUT2D eigenvalue weighted by Crippen LogP contribution is -3.12. The fourth-order valence-corrected chi connectivity index (χ4v) is 3.10. The van der Waals surface area contributed by atoms with Crippen molar-refractivity contribution in [3.63, 3.8) is 0 Å². The Morgan fingerprint density at radius 1 is 1.23 bits per heavy atom. The van der Waals surface area contributed by atoms with Gasteiger partial charge in [-0.2, -0.15) is 0 Å². The van der Waals surface area contributed by atoms with Gasteiger partial charge in [0.2, 0.25) is 11.8 Å². The molecule has 0 unspecified atom stereocenters. The maximum Gasteiger partial charge on any atom is 0.331 e. The number of hydrogen-bond acceptors (Lipinski definition) is 5. The smallest absolute Gasteiger partial charge is 0.331 e. The van der Waals surface area contributed by atoms with Gasteiger partial charge in [-0.15, -0.1) is 0 Å². The first kappa shape index (κ1) is 18.1. The van der Waals surface area contributed by atoms with Crippen LogP contribution in [0.5, 0.6) is 0 Å². The topological polar surface area (TPSA) is 86.2 Å². The molecule has 0 bridgehead atoms. The van der Waals surface area contributed by atoms with Gasteiger partial charge in [-0.05, 0) is 5.56 Å². The molecule has 2 fully saturated rings. The Morgan fingerprint density at radius 3 is 2.54 bits per heavy atom. The summed E-state index contributed by atoms with van der Waals surface area (Å²) < 4.78 is 0. The van der Waals surface area contributed by atoms with Crippen LogP contribution in [-0.2, 0) is 16.1 Å².